The Morgan fingerprint density at radius 1 is 1.50 bits per heavy atom. The zero-order chi connectivity index (χ0) is 14.5. The van der Waals surface area contributed by atoms with Gasteiger partial charge in [-0.25, -0.2) is 13.9 Å². The number of carbonyl (C=O) groups is 1. The topological polar surface area (TPSA) is 79.1 Å². The molecule has 0 radical (unpaired) electrons. The molecule has 0 aliphatic carbocycles. The van der Waals surface area contributed by atoms with Crippen LogP contribution in [0.4, 0.5) is 4.39 Å². The summed E-state index contributed by atoms with van der Waals surface area (Å²) in [6.07, 6.45) is 2.54. The van der Waals surface area contributed by atoms with E-state index in [2.05, 4.69) is 15.1 Å². The predicted octanol–water partition coefficient (Wildman–Crippen LogP) is 0.958. The van der Waals surface area contributed by atoms with E-state index in [-0.39, 0.29) is 30.6 Å². The second-order valence-electron chi connectivity index (χ2n) is 3.79. The summed E-state index contributed by atoms with van der Waals surface area (Å²) < 4.78 is 24.8. The van der Waals surface area contributed by atoms with E-state index in [0.717, 1.165) is 6.20 Å². The average molecular weight is 280 g/mol. The Morgan fingerprint density at radius 3 is 3.00 bits per heavy atom. The minimum atomic E-state index is -0.517. The molecule has 2 rings (SSSR count). The Morgan fingerprint density at radius 2 is 2.30 bits per heavy atom. The zero-order valence-corrected chi connectivity index (χ0v) is 11.0. The SMILES string of the molecule is CCOC(=O)COc1nc(-c2ccncc2F)n(C)n1. The number of carbonyl (C=O) groups excluding carboxylic acids is 1. The highest BCUT2D eigenvalue weighted by Gasteiger charge is 2.15. The highest BCUT2D eigenvalue weighted by atomic mass is 19.1. The molecule has 0 unspecified atom stereocenters. The van der Waals surface area contributed by atoms with Crippen LogP contribution >= 0.6 is 0 Å². The van der Waals surface area contributed by atoms with Gasteiger partial charge in [0.1, 0.15) is 0 Å². The second-order valence-corrected chi connectivity index (χ2v) is 3.79. The summed E-state index contributed by atoms with van der Waals surface area (Å²) in [7, 11) is 1.60. The van der Waals surface area contributed by atoms with E-state index in [4.69, 9.17) is 9.47 Å². The first-order valence-electron chi connectivity index (χ1n) is 5.91. The van der Waals surface area contributed by atoms with Gasteiger partial charge in [0.2, 0.25) is 0 Å². The summed E-state index contributed by atoms with van der Waals surface area (Å²) in [4.78, 5) is 18.8. The summed E-state index contributed by atoms with van der Waals surface area (Å²) in [5, 5.41) is 3.95. The molecule has 8 heteroatoms. The molecule has 0 amide bonds. The molecule has 0 spiro atoms. The number of ether oxygens (including phenoxy) is 2. The molecule has 0 atom stereocenters. The molecule has 0 fully saturated rings. The normalized spacial score (nSPS) is 10.3. The molecule has 0 aromatic carbocycles. The zero-order valence-electron chi connectivity index (χ0n) is 11.0. The molecule has 0 N–H and O–H groups in total. The van der Waals surface area contributed by atoms with Gasteiger partial charge < -0.3 is 9.47 Å². The number of rotatable bonds is 5. The molecule has 0 bridgehead atoms. The van der Waals surface area contributed by atoms with Crippen LogP contribution < -0.4 is 4.74 Å². The quantitative estimate of drug-likeness (QED) is 0.759. The summed E-state index contributed by atoms with van der Waals surface area (Å²) in [5.41, 5.74) is 0.251. The van der Waals surface area contributed by atoms with Gasteiger partial charge in [0, 0.05) is 13.2 Å². The largest absolute Gasteiger partial charge is 0.463 e. The predicted molar refractivity (Wildman–Crippen MR) is 66.3 cm³/mol. The molecule has 2 heterocycles. The van der Waals surface area contributed by atoms with E-state index >= 15 is 0 Å². The van der Waals surface area contributed by atoms with Gasteiger partial charge in [-0.05, 0) is 13.0 Å². The van der Waals surface area contributed by atoms with Crippen molar-refractivity contribution in [2.75, 3.05) is 13.2 Å². The monoisotopic (exact) mass is 280 g/mol. The van der Waals surface area contributed by atoms with Crippen LogP contribution in [0.3, 0.4) is 0 Å². The molecule has 0 saturated carbocycles. The molecule has 0 saturated heterocycles. The van der Waals surface area contributed by atoms with Crippen molar-refractivity contribution in [1.82, 2.24) is 19.7 Å². The van der Waals surface area contributed by atoms with Crippen LogP contribution in [0.15, 0.2) is 18.5 Å². The molecule has 2 aromatic rings. The number of aryl methyl sites for hydroxylation is 1. The molecule has 106 valence electrons. The highest BCUT2D eigenvalue weighted by Crippen LogP contribution is 2.21. The lowest BCUT2D eigenvalue weighted by Crippen LogP contribution is -2.15. The molecular formula is C12H13FN4O3. The van der Waals surface area contributed by atoms with Crippen molar-refractivity contribution in [3.05, 3.63) is 24.3 Å². The summed E-state index contributed by atoms with van der Waals surface area (Å²) in [5.74, 6) is -0.750. The fourth-order valence-corrected chi connectivity index (χ4v) is 1.54. The van der Waals surface area contributed by atoms with Gasteiger partial charge >= 0.3 is 12.0 Å². The Kier molecular flexibility index (Phi) is 4.24. The third-order valence-electron chi connectivity index (χ3n) is 2.38. The molecule has 2 aromatic heterocycles. The number of halogens is 1. The minimum absolute atomic E-state index is 0.0215. The van der Waals surface area contributed by atoms with Gasteiger partial charge in [-0.2, -0.15) is 4.98 Å². The number of hydrogen-bond acceptors (Lipinski definition) is 6. The van der Waals surface area contributed by atoms with E-state index in [0.29, 0.717) is 0 Å². The minimum Gasteiger partial charge on any atom is -0.463 e. The average Bonchev–Trinajstić information content (AvgIpc) is 2.79. The first kappa shape index (κ1) is 13.9. The van der Waals surface area contributed by atoms with Crippen LogP contribution in [0.25, 0.3) is 11.4 Å². The Bertz CT molecular complexity index is 614. The van der Waals surface area contributed by atoms with E-state index in [1.807, 2.05) is 0 Å². The second kappa shape index (κ2) is 6.09. The molecule has 20 heavy (non-hydrogen) atoms. The van der Waals surface area contributed by atoms with E-state index in [1.165, 1.54) is 16.9 Å². The maximum Gasteiger partial charge on any atom is 0.344 e. The van der Waals surface area contributed by atoms with E-state index in [9.17, 15) is 9.18 Å². The van der Waals surface area contributed by atoms with Crippen molar-refractivity contribution < 1.29 is 18.7 Å². The smallest absolute Gasteiger partial charge is 0.344 e. The summed E-state index contributed by atoms with van der Waals surface area (Å²) in [6.45, 7) is 1.67. The van der Waals surface area contributed by atoms with Crippen molar-refractivity contribution in [3.8, 4) is 17.4 Å². The lowest BCUT2D eigenvalue weighted by Gasteiger charge is -2.00. The van der Waals surface area contributed by atoms with Crippen molar-refractivity contribution >= 4 is 5.97 Å². The Hall–Kier alpha value is -2.51. The van der Waals surface area contributed by atoms with Crippen LogP contribution in [-0.2, 0) is 16.6 Å². The standard InChI is InChI=1S/C12H13FN4O3/c1-3-19-10(18)7-20-12-15-11(17(2)16-12)8-4-5-14-6-9(8)13/h4-6H,3,7H2,1-2H3. The molecule has 0 aliphatic rings. The van der Waals surface area contributed by atoms with E-state index < -0.39 is 11.8 Å². The fraction of sp³-hybridized carbons (Fsp3) is 0.333. The van der Waals surface area contributed by atoms with Crippen LogP contribution in [0, 0.1) is 5.82 Å². The molecule has 7 nitrogen and oxygen atoms in total. The van der Waals surface area contributed by atoms with Gasteiger partial charge in [-0.1, -0.05) is 0 Å². The van der Waals surface area contributed by atoms with Crippen molar-refractivity contribution in [2.24, 2.45) is 7.05 Å². The number of hydrogen-bond donors (Lipinski definition) is 0. The number of esters is 1. The van der Waals surface area contributed by atoms with E-state index in [1.54, 1.807) is 14.0 Å². The van der Waals surface area contributed by atoms with Crippen molar-refractivity contribution in [2.45, 2.75) is 6.92 Å². The maximum absolute atomic E-state index is 13.6. The highest BCUT2D eigenvalue weighted by molar-refractivity contribution is 5.70. The number of aromatic nitrogens is 4. The van der Waals surface area contributed by atoms with Gasteiger partial charge in [-0.15, -0.1) is 5.10 Å². The first-order chi connectivity index (χ1) is 9.61. The van der Waals surface area contributed by atoms with Crippen molar-refractivity contribution in [1.29, 1.82) is 0 Å². The van der Waals surface area contributed by atoms with Crippen LogP contribution in [0.1, 0.15) is 6.92 Å². The van der Waals surface area contributed by atoms with Gasteiger partial charge in [0.15, 0.2) is 18.2 Å². The summed E-state index contributed by atoms with van der Waals surface area (Å²) in [6, 6.07) is 1.46. The fourth-order valence-electron chi connectivity index (χ4n) is 1.54. The van der Waals surface area contributed by atoms with Gasteiger partial charge in [0.25, 0.3) is 0 Å². The maximum atomic E-state index is 13.6. The summed E-state index contributed by atoms with van der Waals surface area (Å²) >= 11 is 0. The van der Waals surface area contributed by atoms with Crippen LogP contribution in [0.2, 0.25) is 0 Å². The van der Waals surface area contributed by atoms with Gasteiger partial charge in [0.05, 0.1) is 18.4 Å². The van der Waals surface area contributed by atoms with Crippen LogP contribution in [-0.4, -0.2) is 38.9 Å². The number of pyridine rings is 1. The van der Waals surface area contributed by atoms with Gasteiger partial charge in [-0.3, -0.25) is 4.98 Å². The van der Waals surface area contributed by atoms with Crippen molar-refractivity contribution in [3.63, 3.8) is 0 Å². The molecule has 0 aliphatic heterocycles. The third kappa shape index (κ3) is 3.08. The first-order valence-corrected chi connectivity index (χ1v) is 5.91. The lowest BCUT2D eigenvalue weighted by molar-refractivity contribution is -0.145. The Balaban J connectivity index is 2.14. The third-order valence-corrected chi connectivity index (χ3v) is 2.38. The molecular weight excluding hydrogens is 267 g/mol. The lowest BCUT2D eigenvalue weighted by atomic mass is 10.2. The van der Waals surface area contributed by atoms with Crippen LogP contribution in [0.5, 0.6) is 6.01 Å². The number of nitrogens with zero attached hydrogens (tertiary/aromatic N) is 4. The Labute approximate surface area is 114 Å².